The highest BCUT2D eigenvalue weighted by molar-refractivity contribution is 6.01. The molecule has 0 unspecified atom stereocenters. The van der Waals surface area contributed by atoms with Crippen LogP contribution in [0.25, 0.3) is 21.5 Å². The van der Waals surface area contributed by atoms with E-state index in [-0.39, 0.29) is 0 Å². The van der Waals surface area contributed by atoms with Crippen LogP contribution in [0.1, 0.15) is 27.6 Å². The number of aldehydes is 2. The molecule has 0 heterocycles. The number of fused-ring (bicyclic) bond motifs is 2. The summed E-state index contributed by atoms with van der Waals surface area (Å²) in [6.45, 7) is 2.48. The molecule has 0 atom stereocenters. The number of benzene rings is 4. The van der Waals surface area contributed by atoms with Crippen LogP contribution in [0, 0.1) is 0 Å². The molecule has 0 aliphatic carbocycles. The molecular formula is C25H22O4. The Bertz CT molecular complexity index is 1150. The van der Waals surface area contributed by atoms with E-state index in [9.17, 15) is 9.59 Å². The van der Waals surface area contributed by atoms with Crippen molar-refractivity contribution < 1.29 is 19.1 Å². The number of ether oxygens (including phenoxy) is 2. The summed E-state index contributed by atoms with van der Waals surface area (Å²) in [7, 11) is 1.57. The van der Waals surface area contributed by atoms with E-state index in [0.29, 0.717) is 29.2 Å². The van der Waals surface area contributed by atoms with Gasteiger partial charge in [0.05, 0.1) is 24.8 Å². The Morgan fingerprint density at radius 2 is 1.17 bits per heavy atom. The molecule has 0 N–H and O–H groups in total. The van der Waals surface area contributed by atoms with Gasteiger partial charge in [0, 0.05) is 0 Å². The van der Waals surface area contributed by atoms with Gasteiger partial charge in [-0.3, -0.25) is 9.59 Å². The van der Waals surface area contributed by atoms with Gasteiger partial charge < -0.3 is 9.47 Å². The van der Waals surface area contributed by atoms with E-state index in [2.05, 4.69) is 0 Å². The van der Waals surface area contributed by atoms with E-state index < -0.39 is 0 Å². The zero-order chi connectivity index (χ0) is 20.6. The molecule has 4 heteroatoms. The predicted molar refractivity (Wildman–Crippen MR) is 116 cm³/mol. The van der Waals surface area contributed by atoms with E-state index >= 15 is 0 Å². The normalized spacial score (nSPS) is 10.1. The van der Waals surface area contributed by atoms with Crippen LogP contribution in [0.2, 0.25) is 0 Å². The van der Waals surface area contributed by atoms with Crippen molar-refractivity contribution in [1.29, 1.82) is 0 Å². The molecular weight excluding hydrogens is 364 g/mol. The Hall–Kier alpha value is -3.66. The Labute approximate surface area is 169 Å². The first-order chi connectivity index (χ1) is 14.2. The molecule has 0 saturated carbocycles. The summed E-state index contributed by atoms with van der Waals surface area (Å²) >= 11 is 0. The van der Waals surface area contributed by atoms with Crippen LogP contribution in [0.4, 0.5) is 0 Å². The number of hydrogen-bond donors (Lipinski definition) is 0. The van der Waals surface area contributed by atoms with Gasteiger partial charge in [-0.2, -0.15) is 0 Å². The van der Waals surface area contributed by atoms with E-state index in [1.165, 1.54) is 0 Å². The second-order valence-corrected chi connectivity index (χ2v) is 6.27. The third kappa shape index (κ3) is 4.27. The summed E-state index contributed by atoms with van der Waals surface area (Å²) in [5.41, 5.74) is 1.25. The number of methoxy groups -OCH3 is 1. The average Bonchev–Trinajstić information content (AvgIpc) is 2.78. The van der Waals surface area contributed by atoms with Gasteiger partial charge in [-0.25, -0.2) is 0 Å². The van der Waals surface area contributed by atoms with E-state index in [0.717, 1.165) is 34.1 Å². The Morgan fingerprint density at radius 3 is 1.66 bits per heavy atom. The Morgan fingerprint density at radius 1 is 0.690 bits per heavy atom. The first kappa shape index (κ1) is 20.1. The lowest BCUT2D eigenvalue weighted by Crippen LogP contribution is -1.96. The van der Waals surface area contributed by atoms with Crippen LogP contribution in [-0.2, 0) is 0 Å². The number of hydrogen-bond acceptors (Lipinski definition) is 4. The molecule has 29 heavy (non-hydrogen) atoms. The monoisotopic (exact) mass is 386 g/mol. The lowest BCUT2D eigenvalue weighted by Gasteiger charge is -2.08. The van der Waals surface area contributed by atoms with E-state index in [4.69, 9.17) is 9.47 Å². The maximum atomic E-state index is 11.0. The highest BCUT2D eigenvalue weighted by Gasteiger charge is 2.07. The van der Waals surface area contributed by atoms with Crippen molar-refractivity contribution in [3.8, 4) is 11.5 Å². The first-order valence-electron chi connectivity index (χ1n) is 9.34. The number of carbonyl (C=O) groups excluding carboxylic acids is 2. The predicted octanol–water partition coefficient (Wildman–Crippen LogP) is 5.71. The van der Waals surface area contributed by atoms with Gasteiger partial charge in [0.2, 0.25) is 0 Å². The molecule has 0 spiro atoms. The van der Waals surface area contributed by atoms with E-state index in [1.54, 1.807) is 7.11 Å². The van der Waals surface area contributed by atoms with Gasteiger partial charge in [-0.1, -0.05) is 60.7 Å². The van der Waals surface area contributed by atoms with Crippen LogP contribution < -0.4 is 9.47 Å². The minimum atomic E-state index is 0.569. The van der Waals surface area contributed by atoms with Gasteiger partial charge in [0.15, 0.2) is 12.6 Å². The molecule has 0 saturated heterocycles. The quantitative estimate of drug-likeness (QED) is 0.412. The fraction of sp³-hybridized carbons (Fsp3) is 0.120. The minimum absolute atomic E-state index is 0.569. The summed E-state index contributed by atoms with van der Waals surface area (Å²) in [6.07, 6.45) is 1.69. The molecule has 0 aliphatic rings. The Balaban J connectivity index is 0.000000166. The van der Waals surface area contributed by atoms with Gasteiger partial charge in [-0.15, -0.1) is 0 Å². The number of carbonyl (C=O) groups is 2. The molecule has 0 amide bonds. The zero-order valence-electron chi connectivity index (χ0n) is 16.4. The largest absolute Gasteiger partial charge is 0.496 e. The van der Waals surface area contributed by atoms with Crippen molar-refractivity contribution >= 4 is 34.1 Å². The van der Waals surface area contributed by atoms with Gasteiger partial charge in [0.1, 0.15) is 11.5 Å². The van der Waals surface area contributed by atoms with Crippen molar-refractivity contribution in [2.45, 2.75) is 6.92 Å². The lowest BCUT2D eigenvalue weighted by molar-refractivity contribution is 0.111. The summed E-state index contributed by atoms with van der Waals surface area (Å²) in [5.74, 6) is 1.28. The van der Waals surface area contributed by atoms with Crippen LogP contribution in [0.5, 0.6) is 11.5 Å². The molecule has 0 aliphatic heterocycles. The zero-order valence-corrected chi connectivity index (χ0v) is 16.4. The molecule has 146 valence electrons. The second kappa shape index (κ2) is 9.51. The summed E-state index contributed by atoms with van der Waals surface area (Å²) < 4.78 is 10.5. The SMILES string of the molecule is CCOc1ccc2ccccc2c1C=O.COc1ccc2ccccc2c1C=O. The van der Waals surface area contributed by atoms with Crippen molar-refractivity contribution in [1.82, 2.24) is 0 Å². The average molecular weight is 386 g/mol. The Kier molecular flexibility index (Phi) is 6.59. The van der Waals surface area contributed by atoms with Gasteiger partial charge in [-0.05, 0) is 40.6 Å². The topological polar surface area (TPSA) is 52.6 Å². The molecule has 4 rings (SSSR count). The second-order valence-electron chi connectivity index (χ2n) is 6.27. The summed E-state index contributed by atoms with van der Waals surface area (Å²) in [6, 6.07) is 23.1. The van der Waals surface area contributed by atoms with Crippen molar-refractivity contribution in [2.75, 3.05) is 13.7 Å². The fourth-order valence-corrected chi connectivity index (χ4v) is 3.25. The molecule has 0 fully saturated rings. The fourth-order valence-electron chi connectivity index (χ4n) is 3.25. The van der Waals surface area contributed by atoms with Crippen molar-refractivity contribution in [2.24, 2.45) is 0 Å². The summed E-state index contributed by atoms with van der Waals surface area (Å²) in [4.78, 5) is 22.0. The first-order valence-corrected chi connectivity index (χ1v) is 9.34. The molecule has 0 bridgehead atoms. The highest BCUT2D eigenvalue weighted by Crippen LogP contribution is 2.27. The van der Waals surface area contributed by atoms with Gasteiger partial charge in [0.25, 0.3) is 0 Å². The molecule has 0 aromatic heterocycles. The smallest absolute Gasteiger partial charge is 0.154 e. The third-order valence-electron chi connectivity index (χ3n) is 4.62. The molecule has 0 radical (unpaired) electrons. The minimum Gasteiger partial charge on any atom is -0.496 e. The van der Waals surface area contributed by atoms with Crippen LogP contribution in [0.15, 0.2) is 72.8 Å². The standard InChI is InChI=1S/C13H12O2.C12H10O2/c1-2-15-13-8-7-10-5-3-4-6-11(10)12(13)9-14;1-14-12-7-6-9-4-2-3-5-10(9)11(12)8-13/h3-9H,2H2,1H3;2-8H,1H3. The maximum Gasteiger partial charge on any atom is 0.154 e. The maximum absolute atomic E-state index is 11.0. The third-order valence-corrected chi connectivity index (χ3v) is 4.62. The van der Waals surface area contributed by atoms with Gasteiger partial charge >= 0.3 is 0 Å². The molecule has 4 nitrogen and oxygen atoms in total. The summed E-state index contributed by atoms with van der Waals surface area (Å²) in [5, 5.41) is 3.98. The van der Waals surface area contributed by atoms with Crippen LogP contribution >= 0.6 is 0 Å². The van der Waals surface area contributed by atoms with Crippen molar-refractivity contribution in [3.63, 3.8) is 0 Å². The molecule has 4 aromatic rings. The lowest BCUT2D eigenvalue weighted by atomic mass is 10.0. The number of rotatable bonds is 5. The van der Waals surface area contributed by atoms with Crippen molar-refractivity contribution in [3.05, 3.63) is 83.9 Å². The van der Waals surface area contributed by atoms with Crippen LogP contribution in [-0.4, -0.2) is 26.3 Å². The van der Waals surface area contributed by atoms with E-state index in [1.807, 2.05) is 79.7 Å². The molecule has 4 aromatic carbocycles. The van der Waals surface area contributed by atoms with Crippen LogP contribution in [0.3, 0.4) is 0 Å². The highest BCUT2D eigenvalue weighted by atomic mass is 16.5.